The summed E-state index contributed by atoms with van der Waals surface area (Å²) in [5, 5.41) is 1.46. The summed E-state index contributed by atoms with van der Waals surface area (Å²) >= 11 is 0. The molecule has 0 N–H and O–H groups in total. The third-order valence-electron chi connectivity index (χ3n) is 8.27. The second-order valence-corrected chi connectivity index (χ2v) is 17.7. The van der Waals surface area contributed by atoms with Gasteiger partial charge < -0.3 is 0 Å². The van der Waals surface area contributed by atoms with E-state index in [0.717, 1.165) is 38.9 Å². The second-order valence-electron chi connectivity index (χ2n) is 12.6. The van der Waals surface area contributed by atoms with Crippen LogP contribution in [0, 0.1) is 0 Å². The summed E-state index contributed by atoms with van der Waals surface area (Å²) in [4.78, 5) is 15.0. The third-order valence-corrected chi connectivity index (χ3v) is 10.3. The van der Waals surface area contributed by atoms with E-state index in [4.69, 9.17) is 15.0 Å². The van der Waals surface area contributed by atoms with Crippen LogP contribution in [-0.4, -0.2) is 23.0 Å². The first-order chi connectivity index (χ1) is 22.4. The van der Waals surface area contributed by atoms with E-state index in [0.29, 0.717) is 17.5 Å². The van der Waals surface area contributed by atoms with Gasteiger partial charge in [-0.05, 0) is 51.6 Å². The van der Waals surface area contributed by atoms with Crippen molar-refractivity contribution in [3.8, 4) is 67.5 Å². The van der Waals surface area contributed by atoms with Crippen molar-refractivity contribution >= 4 is 13.3 Å². The minimum atomic E-state index is -1.42. The minimum absolute atomic E-state index is 0.648. The van der Waals surface area contributed by atoms with Gasteiger partial charge in [-0.25, -0.2) is 15.0 Å². The smallest absolute Gasteiger partial charge is 0.164 e. The summed E-state index contributed by atoms with van der Waals surface area (Å²) in [5.74, 6) is 1.95. The highest BCUT2D eigenvalue weighted by Gasteiger charge is 2.17. The first-order valence-corrected chi connectivity index (χ1v) is 19.2. The van der Waals surface area contributed by atoms with Gasteiger partial charge in [-0.15, -0.1) is 0 Å². The van der Waals surface area contributed by atoms with Crippen molar-refractivity contribution in [2.45, 2.75) is 19.6 Å². The molecule has 1 heterocycles. The van der Waals surface area contributed by atoms with Crippen LogP contribution in [-0.2, 0) is 0 Å². The van der Waals surface area contributed by atoms with E-state index in [1.165, 1.54) is 16.3 Å². The van der Waals surface area contributed by atoms with E-state index in [1.54, 1.807) is 0 Å². The molecule has 0 saturated heterocycles. The molecule has 0 spiro atoms. The molecular weight excluding hydrogens is 575 g/mol. The summed E-state index contributed by atoms with van der Waals surface area (Å²) in [6, 6.07) is 55.3. The molecule has 0 unspecified atom stereocenters. The molecule has 0 radical (unpaired) electrons. The number of hydrogen-bond donors (Lipinski definition) is 0. The van der Waals surface area contributed by atoms with Gasteiger partial charge in [-0.2, -0.15) is 0 Å². The topological polar surface area (TPSA) is 38.7 Å². The third kappa shape index (κ3) is 6.34. The van der Waals surface area contributed by atoms with E-state index in [-0.39, 0.29) is 0 Å². The predicted molar refractivity (Wildman–Crippen MR) is 195 cm³/mol. The standard InChI is InChI=1S/C42H35N3Si/c1-46(2,3)39-25-13-22-36(29-39)34-20-10-19-33(26-34)35-21-12-24-38(28-35)42-44-40(31-16-8-5-9-17-31)43-41(45-42)37-23-11-18-32(27-37)30-14-6-4-7-15-30/h4-29H,1-3H3. The SMILES string of the molecule is C[Si](C)(C)c1cccc(-c2cccc(-c3cccc(-c4nc(-c5ccccc5)nc(-c5cccc(-c6ccccc6)c5)n4)c3)c2)c1. The Morgan fingerprint density at radius 2 is 0.630 bits per heavy atom. The Bertz CT molecular complexity index is 2130. The van der Waals surface area contributed by atoms with Crippen LogP contribution in [0.5, 0.6) is 0 Å². The number of aromatic nitrogens is 3. The molecule has 0 atom stereocenters. The molecule has 4 heteroatoms. The maximum Gasteiger partial charge on any atom is 0.164 e. The molecule has 0 bridgehead atoms. The van der Waals surface area contributed by atoms with Crippen LogP contribution >= 0.6 is 0 Å². The highest BCUT2D eigenvalue weighted by molar-refractivity contribution is 6.88. The molecule has 0 amide bonds. The molecule has 3 nitrogen and oxygen atoms in total. The van der Waals surface area contributed by atoms with Gasteiger partial charge in [0.25, 0.3) is 0 Å². The number of benzene rings is 6. The lowest BCUT2D eigenvalue weighted by Gasteiger charge is -2.17. The Morgan fingerprint density at radius 1 is 0.304 bits per heavy atom. The van der Waals surface area contributed by atoms with E-state index in [9.17, 15) is 0 Å². The summed E-state index contributed by atoms with van der Waals surface area (Å²) < 4.78 is 0. The molecule has 1 aromatic heterocycles. The Balaban J connectivity index is 1.30. The Morgan fingerprint density at radius 3 is 1.11 bits per heavy atom. The van der Waals surface area contributed by atoms with Crippen molar-refractivity contribution in [3.05, 3.63) is 158 Å². The molecule has 0 saturated carbocycles. The van der Waals surface area contributed by atoms with Gasteiger partial charge in [-0.3, -0.25) is 0 Å². The number of nitrogens with zero attached hydrogens (tertiary/aromatic N) is 3. The van der Waals surface area contributed by atoms with Crippen molar-refractivity contribution in [2.75, 3.05) is 0 Å². The van der Waals surface area contributed by atoms with Crippen LogP contribution in [0.4, 0.5) is 0 Å². The first kappa shape index (κ1) is 29.3. The van der Waals surface area contributed by atoms with Gasteiger partial charge in [0, 0.05) is 16.7 Å². The highest BCUT2D eigenvalue weighted by Crippen LogP contribution is 2.31. The van der Waals surface area contributed by atoms with E-state index < -0.39 is 8.07 Å². The molecule has 0 aliphatic carbocycles. The largest absolute Gasteiger partial charge is 0.208 e. The maximum absolute atomic E-state index is 5.05. The van der Waals surface area contributed by atoms with Crippen molar-refractivity contribution in [3.63, 3.8) is 0 Å². The lowest BCUT2D eigenvalue weighted by Crippen LogP contribution is -2.37. The van der Waals surface area contributed by atoms with Gasteiger partial charge in [-0.1, -0.05) is 164 Å². The molecule has 0 fully saturated rings. The van der Waals surface area contributed by atoms with Gasteiger partial charge in [0.1, 0.15) is 0 Å². The van der Waals surface area contributed by atoms with Gasteiger partial charge in [0.2, 0.25) is 0 Å². The summed E-state index contributed by atoms with van der Waals surface area (Å²) in [7, 11) is -1.42. The van der Waals surface area contributed by atoms with Crippen molar-refractivity contribution in [1.29, 1.82) is 0 Å². The molecule has 46 heavy (non-hydrogen) atoms. The number of hydrogen-bond acceptors (Lipinski definition) is 3. The fourth-order valence-corrected chi connectivity index (χ4v) is 6.89. The summed E-state index contributed by atoms with van der Waals surface area (Å²) in [6.07, 6.45) is 0. The van der Waals surface area contributed by atoms with Crippen LogP contribution in [0.3, 0.4) is 0 Å². The fourth-order valence-electron chi connectivity index (χ4n) is 5.70. The van der Waals surface area contributed by atoms with Gasteiger partial charge >= 0.3 is 0 Å². The maximum atomic E-state index is 5.05. The normalized spacial score (nSPS) is 11.4. The van der Waals surface area contributed by atoms with Crippen LogP contribution in [0.25, 0.3) is 67.5 Å². The molecule has 7 aromatic rings. The van der Waals surface area contributed by atoms with Crippen molar-refractivity contribution in [2.24, 2.45) is 0 Å². The van der Waals surface area contributed by atoms with Crippen LogP contribution in [0.1, 0.15) is 0 Å². The lowest BCUT2D eigenvalue weighted by molar-refractivity contribution is 1.07. The van der Waals surface area contributed by atoms with Gasteiger partial charge in [0.15, 0.2) is 17.5 Å². The molecular formula is C42H35N3Si. The van der Waals surface area contributed by atoms with E-state index in [1.807, 2.05) is 36.4 Å². The fraction of sp³-hybridized carbons (Fsp3) is 0.0714. The van der Waals surface area contributed by atoms with Crippen molar-refractivity contribution in [1.82, 2.24) is 15.0 Å². The Kier molecular flexibility index (Phi) is 7.96. The average molecular weight is 610 g/mol. The highest BCUT2D eigenvalue weighted by atomic mass is 28.3. The van der Waals surface area contributed by atoms with Crippen LogP contribution in [0.15, 0.2) is 158 Å². The van der Waals surface area contributed by atoms with E-state index >= 15 is 0 Å². The number of rotatable bonds is 7. The Labute approximate surface area is 272 Å². The van der Waals surface area contributed by atoms with Crippen molar-refractivity contribution < 1.29 is 0 Å². The van der Waals surface area contributed by atoms with Crippen LogP contribution in [0.2, 0.25) is 19.6 Å². The quantitative estimate of drug-likeness (QED) is 0.169. The lowest BCUT2D eigenvalue weighted by atomic mass is 9.98. The first-order valence-electron chi connectivity index (χ1n) is 15.7. The zero-order valence-corrected chi connectivity index (χ0v) is 27.4. The van der Waals surface area contributed by atoms with Gasteiger partial charge in [0.05, 0.1) is 8.07 Å². The Hall–Kier alpha value is -5.45. The zero-order chi connectivity index (χ0) is 31.5. The minimum Gasteiger partial charge on any atom is -0.208 e. The zero-order valence-electron chi connectivity index (χ0n) is 26.4. The summed E-state index contributed by atoms with van der Waals surface area (Å²) in [6.45, 7) is 7.18. The van der Waals surface area contributed by atoms with E-state index in [2.05, 4.69) is 141 Å². The monoisotopic (exact) mass is 609 g/mol. The average Bonchev–Trinajstić information content (AvgIpc) is 3.12. The molecule has 7 rings (SSSR count). The molecule has 0 aliphatic rings. The molecule has 222 valence electrons. The van der Waals surface area contributed by atoms with Crippen LogP contribution < -0.4 is 5.19 Å². The molecule has 6 aromatic carbocycles. The molecule has 0 aliphatic heterocycles. The summed E-state index contributed by atoms with van der Waals surface area (Å²) in [5.41, 5.74) is 9.88. The predicted octanol–water partition coefficient (Wildman–Crippen LogP) is 10.4. The second kappa shape index (κ2) is 12.5.